The highest BCUT2D eigenvalue weighted by Crippen LogP contribution is 2.37. The molecule has 0 bridgehead atoms. The summed E-state index contributed by atoms with van der Waals surface area (Å²) < 4.78 is 6.05. The number of nitrogens with one attached hydrogen (secondary N) is 1. The van der Waals surface area contributed by atoms with E-state index in [4.69, 9.17) is 9.57 Å². The zero-order valence-corrected chi connectivity index (χ0v) is 11.9. The average molecular weight is 261 g/mol. The molecule has 0 unspecified atom stereocenters. The van der Waals surface area contributed by atoms with Crippen molar-refractivity contribution in [2.24, 2.45) is 0 Å². The third-order valence-electron chi connectivity index (χ3n) is 3.99. The summed E-state index contributed by atoms with van der Waals surface area (Å²) in [5.41, 5.74) is 5.55. The quantitative estimate of drug-likeness (QED) is 0.843. The molecule has 104 valence electrons. The lowest BCUT2D eigenvalue weighted by Crippen LogP contribution is -2.25. The van der Waals surface area contributed by atoms with Crippen LogP contribution in [0.4, 0.5) is 0 Å². The van der Waals surface area contributed by atoms with Crippen molar-refractivity contribution >= 4 is 0 Å². The number of hydrogen-bond acceptors (Lipinski definition) is 3. The molecule has 3 heteroatoms. The van der Waals surface area contributed by atoms with Crippen molar-refractivity contribution in [3.63, 3.8) is 0 Å². The fourth-order valence-corrected chi connectivity index (χ4v) is 3.06. The molecule has 0 atom stereocenters. The third-order valence-corrected chi connectivity index (χ3v) is 3.99. The molecule has 1 heterocycles. The Morgan fingerprint density at radius 2 is 2.11 bits per heavy atom. The number of ether oxygens (including phenoxy) is 1. The van der Waals surface area contributed by atoms with Crippen LogP contribution in [0.25, 0.3) is 0 Å². The first-order chi connectivity index (χ1) is 9.14. The van der Waals surface area contributed by atoms with Gasteiger partial charge in [0.1, 0.15) is 11.4 Å². The second-order valence-corrected chi connectivity index (χ2v) is 6.29. The van der Waals surface area contributed by atoms with E-state index in [0.717, 1.165) is 18.7 Å². The Hall–Kier alpha value is -1.06. The number of fused-ring (bicyclic) bond motifs is 1. The largest absolute Gasteiger partial charge is 0.487 e. The number of hydroxylamine groups is 1. The van der Waals surface area contributed by atoms with Gasteiger partial charge in [0.2, 0.25) is 0 Å². The Bertz CT molecular complexity index is 450. The predicted octanol–water partition coefficient (Wildman–Crippen LogP) is 3.36. The number of benzene rings is 1. The fourth-order valence-electron chi connectivity index (χ4n) is 3.06. The van der Waals surface area contributed by atoms with Gasteiger partial charge in [-0.25, -0.2) is 0 Å². The van der Waals surface area contributed by atoms with Crippen molar-refractivity contribution in [3.05, 3.63) is 29.3 Å². The van der Waals surface area contributed by atoms with E-state index in [-0.39, 0.29) is 5.60 Å². The first-order valence-corrected chi connectivity index (χ1v) is 7.32. The van der Waals surface area contributed by atoms with Gasteiger partial charge >= 0.3 is 0 Å². The van der Waals surface area contributed by atoms with E-state index < -0.39 is 0 Å². The normalized spacial score (nSPS) is 21.4. The Morgan fingerprint density at radius 1 is 1.32 bits per heavy atom. The van der Waals surface area contributed by atoms with Crippen LogP contribution >= 0.6 is 0 Å². The molecular weight excluding hydrogens is 238 g/mol. The first-order valence-electron chi connectivity index (χ1n) is 7.32. The van der Waals surface area contributed by atoms with Gasteiger partial charge in [-0.3, -0.25) is 4.84 Å². The average Bonchev–Trinajstić information content (AvgIpc) is 2.95. The van der Waals surface area contributed by atoms with E-state index in [1.165, 1.54) is 36.8 Å². The van der Waals surface area contributed by atoms with Gasteiger partial charge in [-0.2, -0.15) is 5.48 Å². The van der Waals surface area contributed by atoms with Gasteiger partial charge in [0.05, 0.1) is 6.10 Å². The Morgan fingerprint density at radius 3 is 2.89 bits per heavy atom. The maximum Gasteiger partial charge on any atom is 0.128 e. The van der Waals surface area contributed by atoms with Crippen LogP contribution in [0.3, 0.4) is 0 Å². The molecule has 19 heavy (non-hydrogen) atoms. The zero-order chi connectivity index (χ0) is 13.3. The molecule has 2 aliphatic rings. The molecule has 3 rings (SSSR count). The van der Waals surface area contributed by atoms with Crippen LogP contribution in [0.5, 0.6) is 5.75 Å². The molecule has 1 aliphatic heterocycles. The summed E-state index contributed by atoms with van der Waals surface area (Å²) in [5.74, 6) is 1.05. The molecule has 0 spiro atoms. The zero-order valence-electron chi connectivity index (χ0n) is 11.9. The van der Waals surface area contributed by atoms with Crippen LogP contribution in [0.2, 0.25) is 0 Å². The third kappa shape index (κ3) is 2.93. The van der Waals surface area contributed by atoms with E-state index in [2.05, 4.69) is 37.5 Å². The van der Waals surface area contributed by atoms with E-state index in [9.17, 15) is 0 Å². The summed E-state index contributed by atoms with van der Waals surface area (Å²) in [6.45, 7) is 4.99. The molecule has 1 fully saturated rings. The molecule has 0 amide bonds. The van der Waals surface area contributed by atoms with Crippen LogP contribution in [-0.4, -0.2) is 11.7 Å². The number of para-hydroxylation sites is 1. The van der Waals surface area contributed by atoms with E-state index in [1.54, 1.807) is 0 Å². The summed E-state index contributed by atoms with van der Waals surface area (Å²) >= 11 is 0. The van der Waals surface area contributed by atoms with Crippen molar-refractivity contribution in [1.82, 2.24) is 5.48 Å². The van der Waals surface area contributed by atoms with Crippen molar-refractivity contribution < 1.29 is 9.57 Å². The lowest BCUT2D eigenvalue weighted by molar-refractivity contribution is -0.0248. The second kappa shape index (κ2) is 5.14. The van der Waals surface area contributed by atoms with Gasteiger partial charge in [-0.05, 0) is 32.3 Å². The van der Waals surface area contributed by atoms with Gasteiger partial charge in [0.15, 0.2) is 0 Å². The van der Waals surface area contributed by atoms with Gasteiger partial charge in [0, 0.05) is 18.5 Å². The molecule has 0 aromatic heterocycles. The van der Waals surface area contributed by atoms with Crippen LogP contribution < -0.4 is 10.2 Å². The molecule has 1 N–H and O–H groups in total. The molecule has 1 aromatic rings. The monoisotopic (exact) mass is 261 g/mol. The van der Waals surface area contributed by atoms with Crippen LogP contribution in [0.1, 0.15) is 50.7 Å². The number of rotatable bonds is 4. The molecule has 1 saturated carbocycles. The van der Waals surface area contributed by atoms with E-state index >= 15 is 0 Å². The van der Waals surface area contributed by atoms with Crippen LogP contribution in [-0.2, 0) is 17.8 Å². The van der Waals surface area contributed by atoms with Crippen molar-refractivity contribution in [2.45, 2.75) is 64.2 Å². The van der Waals surface area contributed by atoms with Gasteiger partial charge in [-0.15, -0.1) is 0 Å². The highest BCUT2D eigenvalue weighted by molar-refractivity contribution is 5.45. The summed E-state index contributed by atoms with van der Waals surface area (Å²) in [6.07, 6.45) is 6.34. The number of hydrogen-bond donors (Lipinski definition) is 1. The van der Waals surface area contributed by atoms with Gasteiger partial charge in [-0.1, -0.05) is 31.0 Å². The van der Waals surface area contributed by atoms with Crippen LogP contribution in [0, 0.1) is 0 Å². The molecule has 3 nitrogen and oxygen atoms in total. The summed E-state index contributed by atoms with van der Waals surface area (Å²) in [6, 6.07) is 6.38. The standard InChI is InChI=1S/C16H23NO2/c1-16(2)10-12-6-5-7-13(15(12)18-16)11-17-19-14-8-3-4-9-14/h5-7,14,17H,3-4,8-11H2,1-2H3. The topological polar surface area (TPSA) is 30.5 Å². The van der Waals surface area contributed by atoms with Crippen molar-refractivity contribution in [1.29, 1.82) is 0 Å². The van der Waals surface area contributed by atoms with E-state index in [1.807, 2.05) is 0 Å². The molecular formula is C16H23NO2. The minimum atomic E-state index is -0.0786. The van der Waals surface area contributed by atoms with Crippen LogP contribution in [0.15, 0.2) is 18.2 Å². The smallest absolute Gasteiger partial charge is 0.128 e. The molecule has 1 aliphatic carbocycles. The highest BCUT2D eigenvalue weighted by atomic mass is 16.7. The lowest BCUT2D eigenvalue weighted by Gasteiger charge is -2.18. The van der Waals surface area contributed by atoms with Gasteiger partial charge < -0.3 is 4.74 Å². The summed E-state index contributed by atoms with van der Waals surface area (Å²) in [7, 11) is 0. The Kier molecular flexibility index (Phi) is 3.50. The van der Waals surface area contributed by atoms with Gasteiger partial charge in [0.25, 0.3) is 0 Å². The van der Waals surface area contributed by atoms with Crippen molar-refractivity contribution in [3.8, 4) is 5.75 Å². The molecule has 0 radical (unpaired) electrons. The summed E-state index contributed by atoms with van der Waals surface area (Å²) in [5, 5.41) is 0. The fraction of sp³-hybridized carbons (Fsp3) is 0.625. The Balaban J connectivity index is 1.61. The maximum atomic E-state index is 6.05. The first kappa shape index (κ1) is 12.9. The maximum absolute atomic E-state index is 6.05. The minimum Gasteiger partial charge on any atom is -0.487 e. The van der Waals surface area contributed by atoms with E-state index in [0.29, 0.717) is 6.10 Å². The SMILES string of the molecule is CC1(C)Cc2cccc(CNOC3CCCC3)c2O1. The molecule has 1 aromatic carbocycles. The predicted molar refractivity (Wildman–Crippen MR) is 75.0 cm³/mol. The lowest BCUT2D eigenvalue weighted by atomic mass is 10.0. The highest BCUT2D eigenvalue weighted by Gasteiger charge is 2.31. The minimum absolute atomic E-state index is 0.0786. The van der Waals surface area contributed by atoms with Crippen molar-refractivity contribution in [2.75, 3.05) is 0 Å². The second-order valence-electron chi connectivity index (χ2n) is 6.29. The summed E-state index contributed by atoms with van der Waals surface area (Å²) in [4.78, 5) is 5.71. The molecule has 0 saturated heterocycles. The Labute approximate surface area is 115 Å².